The van der Waals surface area contributed by atoms with Gasteiger partial charge in [-0.05, 0) is 37.0 Å². The van der Waals surface area contributed by atoms with Crippen molar-refractivity contribution in [3.05, 3.63) is 59.4 Å². The third-order valence-corrected chi connectivity index (χ3v) is 4.08. The molecule has 0 amide bonds. The maximum atomic E-state index is 14.5. The predicted molar refractivity (Wildman–Crippen MR) is 83.3 cm³/mol. The Bertz CT molecular complexity index is 653. The van der Waals surface area contributed by atoms with Crippen LogP contribution < -0.4 is 4.90 Å². The number of hydrogen-bond donors (Lipinski definition) is 1. The number of fused-ring (bicyclic) bond motifs is 1. The van der Waals surface area contributed by atoms with E-state index in [1.165, 1.54) is 11.6 Å². The Balaban J connectivity index is 2.17. The van der Waals surface area contributed by atoms with E-state index in [2.05, 4.69) is 13.0 Å². The fraction of sp³-hybridized carbons (Fsp3) is 0.333. The Kier molecular flexibility index (Phi) is 3.68. The number of para-hydroxylation sites is 2. The number of halogens is 1. The first kappa shape index (κ1) is 14.1. The molecule has 0 spiro atoms. The number of benzene rings is 2. The molecule has 1 unspecified atom stereocenters. The van der Waals surface area contributed by atoms with Crippen molar-refractivity contribution in [2.24, 2.45) is 5.92 Å². The summed E-state index contributed by atoms with van der Waals surface area (Å²) in [5.74, 6) is 0.165. The number of aliphatic hydroxyl groups is 1. The van der Waals surface area contributed by atoms with E-state index >= 15 is 0 Å². The van der Waals surface area contributed by atoms with Crippen molar-refractivity contribution in [2.75, 3.05) is 11.4 Å². The molecule has 1 heterocycles. The van der Waals surface area contributed by atoms with E-state index in [0.29, 0.717) is 17.2 Å². The zero-order chi connectivity index (χ0) is 15.0. The minimum absolute atomic E-state index is 0.280. The van der Waals surface area contributed by atoms with Crippen LogP contribution in [-0.4, -0.2) is 11.7 Å². The fourth-order valence-corrected chi connectivity index (χ4v) is 3.16. The van der Waals surface area contributed by atoms with Crippen molar-refractivity contribution in [3.63, 3.8) is 0 Å². The number of hydrogen-bond acceptors (Lipinski definition) is 2. The predicted octanol–water partition coefficient (Wildman–Crippen LogP) is 4.21. The highest BCUT2D eigenvalue weighted by molar-refractivity contribution is 5.71. The summed E-state index contributed by atoms with van der Waals surface area (Å²) in [7, 11) is 0. The second-order valence-corrected chi connectivity index (χ2v) is 5.90. The molecule has 0 aliphatic carbocycles. The third-order valence-electron chi connectivity index (χ3n) is 4.08. The van der Waals surface area contributed by atoms with Crippen molar-refractivity contribution in [2.45, 2.75) is 26.4 Å². The van der Waals surface area contributed by atoms with E-state index in [0.717, 1.165) is 18.7 Å². The smallest absolute Gasteiger partial charge is 0.147 e. The van der Waals surface area contributed by atoms with Gasteiger partial charge in [-0.3, -0.25) is 0 Å². The van der Waals surface area contributed by atoms with Gasteiger partial charge in [0, 0.05) is 17.8 Å². The van der Waals surface area contributed by atoms with Crippen molar-refractivity contribution in [3.8, 4) is 0 Å². The molecular formula is C18H20FNO. The van der Waals surface area contributed by atoms with Gasteiger partial charge in [0.2, 0.25) is 0 Å². The first-order valence-electron chi connectivity index (χ1n) is 7.40. The maximum Gasteiger partial charge on any atom is 0.147 e. The van der Waals surface area contributed by atoms with Gasteiger partial charge in [0.15, 0.2) is 0 Å². The second-order valence-electron chi connectivity index (χ2n) is 5.90. The van der Waals surface area contributed by atoms with Crippen LogP contribution in [0, 0.1) is 11.7 Å². The lowest BCUT2D eigenvalue weighted by molar-refractivity contribution is 0.199. The average molecular weight is 285 g/mol. The molecule has 110 valence electrons. The molecule has 0 saturated carbocycles. The number of aliphatic hydroxyl groups excluding tert-OH is 1. The van der Waals surface area contributed by atoms with Crippen LogP contribution in [0.4, 0.5) is 15.8 Å². The van der Waals surface area contributed by atoms with Crippen LogP contribution in [0.25, 0.3) is 0 Å². The topological polar surface area (TPSA) is 23.5 Å². The SMILES string of the molecule is CC1Cc2ccccc2N(c2c(F)cccc2[C@@H](C)O)C1. The molecule has 21 heavy (non-hydrogen) atoms. The maximum absolute atomic E-state index is 14.5. The lowest BCUT2D eigenvalue weighted by Crippen LogP contribution is -2.32. The van der Waals surface area contributed by atoms with Gasteiger partial charge in [0.05, 0.1) is 11.8 Å². The van der Waals surface area contributed by atoms with Crippen LogP contribution >= 0.6 is 0 Å². The Morgan fingerprint density at radius 2 is 1.95 bits per heavy atom. The fourth-order valence-electron chi connectivity index (χ4n) is 3.16. The summed E-state index contributed by atoms with van der Waals surface area (Å²) in [6.07, 6.45) is 0.311. The summed E-state index contributed by atoms with van der Waals surface area (Å²) in [5.41, 5.74) is 3.42. The molecule has 0 fully saturated rings. The monoisotopic (exact) mass is 285 g/mol. The quantitative estimate of drug-likeness (QED) is 0.893. The van der Waals surface area contributed by atoms with Crippen molar-refractivity contribution in [1.29, 1.82) is 0 Å². The highest BCUT2D eigenvalue weighted by atomic mass is 19.1. The molecule has 0 bridgehead atoms. The van der Waals surface area contributed by atoms with Gasteiger partial charge in [0.1, 0.15) is 5.82 Å². The minimum Gasteiger partial charge on any atom is -0.389 e. The van der Waals surface area contributed by atoms with Crippen LogP contribution in [-0.2, 0) is 6.42 Å². The largest absolute Gasteiger partial charge is 0.389 e. The molecule has 3 rings (SSSR count). The van der Waals surface area contributed by atoms with Gasteiger partial charge < -0.3 is 10.0 Å². The summed E-state index contributed by atoms with van der Waals surface area (Å²) in [6, 6.07) is 13.0. The molecule has 1 N–H and O–H groups in total. The van der Waals surface area contributed by atoms with Crippen molar-refractivity contribution < 1.29 is 9.50 Å². The lowest BCUT2D eigenvalue weighted by Gasteiger charge is -2.36. The number of anilines is 2. The molecule has 0 aromatic heterocycles. The van der Waals surface area contributed by atoms with Crippen LogP contribution in [0.1, 0.15) is 31.1 Å². The number of nitrogens with zero attached hydrogens (tertiary/aromatic N) is 1. The van der Waals surface area contributed by atoms with E-state index in [1.807, 2.05) is 23.1 Å². The molecular weight excluding hydrogens is 265 g/mol. The molecule has 2 atom stereocenters. The lowest BCUT2D eigenvalue weighted by atomic mass is 9.92. The summed E-state index contributed by atoms with van der Waals surface area (Å²) < 4.78 is 14.5. The first-order chi connectivity index (χ1) is 10.1. The molecule has 2 aromatic carbocycles. The number of rotatable bonds is 2. The van der Waals surface area contributed by atoms with Crippen LogP contribution in [0.15, 0.2) is 42.5 Å². The van der Waals surface area contributed by atoms with E-state index in [1.54, 1.807) is 19.1 Å². The minimum atomic E-state index is -0.694. The summed E-state index contributed by atoms with van der Waals surface area (Å²) in [6.45, 7) is 4.61. The zero-order valence-electron chi connectivity index (χ0n) is 12.4. The molecule has 2 aromatic rings. The summed E-state index contributed by atoms with van der Waals surface area (Å²) >= 11 is 0. The molecule has 3 heteroatoms. The van der Waals surface area contributed by atoms with Crippen LogP contribution in [0.3, 0.4) is 0 Å². The van der Waals surface area contributed by atoms with E-state index in [-0.39, 0.29) is 5.82 Å². The Hall–Kier alpha value is -1.87. The van der Waals surface area contributed by atoms with Crippen molar-refractivity contribution in [1.82, 2.24) is 0 Å². The highest BCUT2D eigenvalue weighted by Gasteiger charge is 2.27. The van der Waals surface area contributed by atoms with E-state index in [9.17, 15) is 9.50 Å². The summed E-state index contributed by atoms with van der Waals surface area (Å²) in [5, 5.41) is 9.98. The Morgan fingerprint density at radius 3 is 2.71 bits per heavy atom. The highest BCUT2D eigenvalue weighted by Crippen LogP contribution is 2.39. The normalized spacial score (nSPS) is 19.2. The van der Waals surface area contributed by atoms with E-state index in [4.69, 9.17) is 0 Å². The first-order valence-corrected chi connectivity index (χ1v) is 7.40. The third kappa shape index (κ3) is 2.54. The molecule has 0 radical (unpaired) electrons. The molecule has 1 aliphatic heterocycles. The van der Waals surface area contributed by atoms with Gasteiger partial charge >= 0.3 is 0 Å². The zero-order valence-corrected chi connectivity index (χ0v) is 12.4. The van der Waals surface area contributed by atoms with Gasteiger partial charge in [0.25, 0.3) is 0 Å². The second kappa shape index (κ2) is 5.49. The summed E-state index contributed by atoms with van der Waals surface area (Å²) in [4.78, 5) is 2.01. The Morgan fingerprint density at radius 1 is 1.19 bits per heavy atom. The van der Waals surface area contributed by atoms with Crippen LogP contribution in [0.2, 0.25) is 0 Å². The van der Waals surface area contributed by atoms with Crippen LogP contribution in [0.5, 0.6) is 0 Å². The van der Waals surface area contributed by atoms with Crippen molar-refractivity contribution >= 4 is 11.4 Å². The molecule has 2 nitrogen and oxygen atoms in total. The standard InChI is InChI=1S/C18H20FNO/c1-12-10-14-6-3-4-9-17(14)20(11-12)18-15(13(2)21)7-5-8-16(18)19/h3-9,12-13,21H,10-11H2,1-2H3/t12?,13-/m1/s1. The van der Waals surface area contributed by atoms with Gasteiger partial charge in [-0.25, -0.2) is 4.39 Å². The van der Waals surface area contributed by atoms with Gasteiger partial charge in [-0.15, -0.1) is 0 Å². The van der Waals surface area contributed by atoms with Gasteiger partial charge in [-0.2, -0.15) is 0 Å². The molecule has 1 aliphatic rings. The Labute approximate surface area is 124 Å². The van der Waals surface area contributed by atoms with E-state index < -0.39 is 6.10 Å². The molecule has 0 saturated heterocycles. The average Bonchev–Trinajstić information content (AvgIpc) is 2.46. The van der Waals surface area contributed by atoms with Gasteiger partial charge in [-0.1, -0.05) is 37.3 Å².